The van der Waals surface area contributed by atoms with Gasteiger partial charge in [-0.25, -0.2) is 0 Å². The van der Waals surface area contributed by atoms with Gasteiger partial charge in [0.25, 0.3) is 5.91 Å². The number of amides is 2. The lowest BCUT2D eigenvalue weighted by molar-refractivity contribution is -0.152. The molecule has 0 unspecified atom stereocenters. The normalized spacial score (nSPS) is 22.8. The summed E-state index contributed by atoms with van der Waals surface area (Å²) in [6.07, 6.45) is 4.98. The van der Waals surface area contributed by atoms with E-state index >= 15 is 0 Å². The van der Waals surface area contributed by atoms with E-state index < -0.39 is 12.1 Å². The quantitative estimate of drug-likeness (QED) is 0.758. The minimum atomic E-state index is -0.590. The maximum atomic E-state index is 13.2. The standard InChI is InChI=1S/C27H31N3O3/c1-29(2)26(32)20-14-12-18(13-15-20)21-10-6-7-11-22(21)25-23(16-28)30(24(25)17-31)27(33)19-8-4-3-5-9-19/h6-7,10-15,19,23-25,31H,3-5,8-9,17H2,1-2H3/t23-,24+,25+/m0/s1. The van der Waals surface area contributed by atoms with Crippen LogP contribution in [0.5, 0.6) is 0 Å². The average molecular weight is 446 g/mol. The van der Waals surface area contributed by atoms with Crippen LogP contribution in [0.4, 0.5) is 0 Å². The van der Waals surface area contributed by atoms with Crippen LogP contribution in [-0.2, 0) is 4.79 Å². The summed E-state index contributed by atoms with van der Waals surface area (Å²) in [5, 5.41) is 20.2. The number of hydrogen-bond donors (Lipinski definition) is 1. The minimum Gasteiger partial charge on any atom is -0.394 e. The van der Waals surface area contributed by atoms with Crippen LogP contribution in [0.3, 0.4) is 0 Å². The van der Waals surface area contributed by atoms with Crippen molar-refractivity contribution in [2.45, 2.75) is 50.1 Å². The third-order valence-electron chi connectivity index (χ3n) is 7.11. The van der Waals surface area contributed by atoms with Gasteiger partial charge < -0.3 is 14.9 Å². The lowest BCUT2D eigenvalue weighted by atomic mass is 9.72. The lowest BCUT2D eigenvalue weighted by Crippen LogP contribution is -2.66. The summed E-state index contributed by atoms with van der Waals surface area (Å²) in [4.78, 5) is 28.7. The van der Waals surface area contributed by atoms with Crippen molar-refractivity contribution < 1.29 is 14.7 Å². The summed E-state index contributed by atoms with van der Waals surface area (Å²) in [6.45, 7) is -0.175. The highest BCUT2D eigenvalue weighted by Gasteiger charge is 2.53. The van der Waals surface area contributed by atoms with Gasteiger partial charge in [0.15, 0.2) is 0 Å². The van der Waals surface area contributed by atoms with Gasteiger partial charge in [0.2, 0.25) is 5.91 Å². The molecule has 0 radical (unpaired) electrons. The molecule has 0 aromatic heterocycles. The third kappa shape index (κ3) is 4.26. The van der Waals surface area contributed by atoms with Gasteiger partial charge in [0.05, 0.1) is 18.7 Å². The molecule has 6 nitrogen and oxygen atoms in total. The van der Waals surface area contributed by atoms with Crippen molar-refractivity contribution in [3.8, 4) is 17.2 Å². The lowest BCUT2D eigenvalue weighted by Gasteiger charge is -2.53. The fourth-order valence-electron chi connectivity index (χ4n) is 5.34. The molecule has 3 atom stereocenters. The molecule has 4 rings (SSSR count). The number of nitriles is 1. The SMILES string of the molecule is CN(C)C(=O)c1ccc(-c2ccccc2[C@H]2[C@@H](CO)N(C(=O)C3CCCCC3)[C@H]2C#N)cc1. The molecular weight excluding hydrogens is 414 g/mol. The summed E-state index contributed by atoms with van der Waals surface area (Å²) >= 11 is 0. The number of carbonyl (C=O) groups is 2. The second-order valence-electron chi connectivity index (χ2n) is 9.29. The van der Waals surface area contributed by atoms with Gasteiger partial charge in [0, 0.05) is 31.5 Å². The molecule has 1 heterocycles. The average Bonchev–Trinajstić information content (AvgIpc) is 2.84. The first-order chi connectivity index (χ1) is 16.0. The first-order valence-electron chi connectivity index (χ1n) is 11.7. The minimum absolute atomic E-state index is 0.0144. The van der Waals surface area contributed by atoms with Crippen molar-refractivity contribution in [1.82, 2.24) is 9.80 Å². The van der Waals surface area contributed by atoms with Crippen LogP contribution < -0.4 is 0 Å². The van der Waals surface area contributed by atoms with E-state index in [-0.39, 0.29) is 30.3 Å². The highest BCUT2D eigenvalue weighted by atomic mass is 16.3. The van der Waals surface area contributed by atoms with Gasteiger partial charge in [-0.05, 0) is 41.7 Å². The largest absolute Gasteiger partial charge is 0.394 e. The van der Waals surface area contributed by atoms with Gasteiger partial charge in [-0.2, -0.15) is 5.26 Å². The maximum absolute atomic E-state index is 13.2. The highest BCUT2D eigenvalue weighted by Crippen LogP contribution is 2.45. The Morgan fingerprint density at radius 2 is 1.73 bits per heavy atom. The van der Waals surface area contributed by atoms with E-state index in [0.29, 0.717) is 5.56 Å². The first-order valence-corrected chi connectivity index (χ1v) is 11.7. The summed E-state index contributed by atoms with van der Waals surface area (Å²) in [5.41, 5.74) is 3.45. The molecule has 2 aromatic carbocycles. The number of carbonyl (C=O) groups excluding carboxylic acids is 2. The van der Waals surface area contributed by atoms with Crippen LogP contribution in [-0.4, -0.2) is 59.5 Å². The molecule has 1 aliphatic heterocycles. The fraction of sp³-hybridized carbons (Fsp3) is 0.444. The maximum Gasteiger partial charge on any atom is 0.253 e. The fourth-order valence-corrected chi connectivity index (χ4v) is 5.34. The smallest absolute Gasteiger partial charge is 0.253 e. The molecule has 33 heavy (non-hydrogen) atoms. The second kappa shape index (κ2) is 9.76. The van der Waals surface area contributed by atoms with Gasteiger partial charge in [-0.3, -0.25) is 9.59 Å². The molecule has 2 amide bonds. The number of hydrogen-bond acceptors (Lipinski definition) is 4. The van der Waals surface area contributed by atoms with Crippen LogP contribution in [0.25, 0.3) is 11.1 Å². The van der Waals surface area contributed by atoms with Crippen LogP contribution in [0.2, 0.25) is 0 Å². The predicted octanol–water partition coefficient (Wildman–Crippen LogP) is 3.81. The van der Waals surface area contributed by atoms with E-state index in [1.807, 2.05) is 36.4 Å². The molecule has 2 aromatic rings. The summed E-state index contributed by atoms with van der Waals surface area (Å²) in [5.74, 6) is -0.343. The molecule has 1 aliphatic carbocycles. The van der Waals surface area contributed by atoms with E-state index in [9.17, 15) is 20.0 Å². The van der Waals surface area contributed by atoms with Gasteiger partial charge in [-0.15, -0.1) is 0 Å². The molecule has 0 spiro atoms. The molecule has 2 aliphatic rings. The van der Waals surface area contributed by atoms with Gasteiger partial charge >= 0.3 is 0 Å². The van der Waals surface area contributed by atoms with Crippen LogP contribution in [0.1, 0.15) is 53.9 Å². The third-order valence-corrected chi connectivity index (χ3v) is 7.11. The van der Waals surface area contributed by atoms with Crippen LogP contribution in [0, 0.1) is 17.2 Å². The van der Waals surface area contributed by atoms with E-state index in [1.54, 1.807) is 36.0 Å². The monoisotopic (exact) mass is 445 g/mol. The van der Waals surface area contributed by atoms with Gasteiger partial charge in [0.1, 0.15) is 6.04 Å². The zero-order chi connectivity index (χ0) is 23.5. The molecule has 0 bridgehead atoms. The van der Waals surface area contributed by atoms with Crippen molar-refractivity contribution in [2.75, 3.05) is 20.7 Å². The molecule has 1 saturated carbocycles. The van der Waals surface area contributed by atoms with E-state index in [4.69, 9.17) is 0 Å². The molecule has 1 saturated heterocycles. The van der Waals surface area contributed by atoms with Crippen molar-refractivity contribution in [3.63, 3.8) is 0 Å². The highest BCUT2D eigenvalue weighted by molar-refractivity contribution is 5.94. The van der Waals surface area contributed by atoms with Crippen molar-refractivity contribution in [2.24, 2.45) is 5.92 Å². The van der Waals surface area contributed by atoms with Crippen molar-refractivity contribution in [3.05, 3.63) is 59.7 Å². The Balaban J connectivity index is 1.64. The van der Waals surface area contributed by atoms with E-state index in [0.717, 1.165) is 48.8 Å². The Hall–Kier alpha value is -3.17. The number of aliphatic hydroxyl groups excluding tert-OH is 1. The molecule has 172 valence electrons. The Labute approximate surface area is 195 Å². The summed E-state index contributed by atoms with van der Waals surface area (Å²) in [6, 6.07) is 16.6. The Kier molecular flexibility index (Phi) is 6.80. The summed E-state index contributed by atoms with van der Waals surface area (Å²) in [7, 11) is 3.44. The number of nitrogens with zero attached hydrogens (tertiary/aromatic N) is 3. The molecule has 1 N–H and O–H groups in total. The van der Waals surface area contributed by atoms with Crippen LogP contribution in [0.15, 0.2) is 48.5 Å². The molecular formula is C27H31N3O3. The van der Waals surface area contributed by atoms with Gasteiger partial charge in [-0.1, -0.05) is 55.7 Å². The van der Waals surface area contributed by atoms with E-state index in [1.165, 1.54) is 0 Å². The predicted molar refractivity (Wildman–Crippen MR) is 126 cm³/mol. The Bertz CT molecular complexity index is 1050. The first kappa shape index (κ1) is 23.0. The second-order valence-corrected chi connectivity index (χ2v) is 9.29. The zero-order valence-electron chi connectivity index (χ0n) is 19.3. The molecule has 2 fully saturated rings. The van der Waals surface area contributed by atoms with E-state index in [2.05, 4.69) is 6.07 Å². The summed E-state index contributed by atoms with van der Waals surface area (Å²) < 4.78 is 0. The Morgan fingerprint density at radius 1 is 1.06 bits per heavy atom. The zero-order valence-corrected chi connectivity index (χ0v) is 19.3. The number of likely N-dealkylation sites (tertiary alicyclic amines) is 1. The number of rotatable bonds is 5. The topological polar surface area (TPSA) is 84.6 Å². The number of benzene rings is 2. The van der Waals surface area contributed by atoms with Crippen molar-refractivity contribution >= 4 is 11.8 Å². The molecule has 6 heteroatoms. The number of aliphatic hydroxyl groups is 1. The van der Waals surface area contributed by atoms with Crippen LogP contribution >= 0.6 is 0 Å². The Morgan fingerprint density at radius 3 is 2.33 bits per heavy atom. The van der Waals surface area contributed by atoms with Crippen molar-refractivity contribution in [1.29, 1.82) is 5.26 Å².